The van der Waals surface area contributed by atoms with Crippen molar-refractivity contribution >= 4 is 34.8 Å². The fourth-order valence-electron chi connectivity index (χ4n) is 4.55. The van der Waals surface area contributed by atoms with Crippen molar-refractivity contribution in [2.45, 2.75) is 38.0 Å². The van der Waals surface area contributed by atoms with E-state index in [1.807, 2.05) is 61.5 Å². The lowest BCUT2D eigenvalue weighted by Gasteiger charge is -2.48. The number of nitrogens with zero attached hydrogens (tertiary/aromatic N) is 2. The maximum absolute atomic E-state index is 13.6. The minimum Gasteiger partial charge on any atom is -0.373 e. The van der Waals surface area contributed by atoms with Crippen molar-refractivity contribution in [3.63, 3.8) is 0 Å². The first-order chi connectivity index (χ1) is 15.5. The van der Waals surface area contributed by atoms with Crippen LogP contribution in [0.25, 0.3) is 0 Å². The number of hydrogen-bond donors (Lipinski definition) is 1. The third-order valence-corrected chi connectivity index (χ3v) is 6.56. The first-order valence-corrected chi connectivity index (χ1v) is 11.1. The van der Waals surface area contributed by atoms with E-state index in [0.29, 0.717) is 30.2 Å². The number of anilines is 2. The Balaban J connectivity index is 1.43. The van der Waals surface area contributed by atoms with Crippen LogP contribution < -0.4 is 9.80 Å². The number of carbonyl (C=O) groups excluding carboxylic acids is 1. The zero-order valence-electron chi connectivity index (χ0n) is 17.8. The van der Waals surface area contributed by atoms with Crippen molar-refractivity contribution in [1.29, 1.82) is 5.41 Å². The molecule has 1 aliphatic heterocycles. The molecular formula is C26H24ClN3O2. The third-order valence-electron chi connectivity index (χ3n) is 6.31. The normalized spacial score (nSPS) is 22.5. The highest BCUT2D eigenvalue weighted by Crippen LogP contribution is 2.49. The Morgan fingerprint density at radius 3 is 2.25 bits per heavy atom. The van der Waals surface area contributed by atoms with Crippen LogP contribution in [0.5, 0.6) is 0 Å². The van der Waals surface area contributed by atoms with Crippen LogP contribution in [0.4, 0.5) is 16.2 Å². The van der Waals surface area contributed by atoms with E-state index < -0.39 is 5.54 Å². The Labute approximate surface area is 192 Å². The number of urea groups is 1. The van der Waals surface area contributed by atoms with E-state index in [2.05, 4.69) is 0 Å². The summed E-state index contributed by atoms with van der Waals surface area (Å²) >= 11 is 6.05. The molecule has 1 spiro atoms. The van der Waals surface area contributed by atoms with Crippen LogP contribution in [-0.4, -0.2) is 23.5 Å². The van der Waals surface area contributed by atoms with E-state index in [9.17, 15) is 4.79 Å². The summed E-state index contributed by atoms with van der Waals surface area (Å²) in [7, 11) is 0. The van der Waals surface area contributed by atoms with E-state index >= 15 is 0 Å². The van der Waals surface area contributed by atoms with Crippen molar-refractivity contribution in [3.05, 3.63) is 95.0 Å². The van der Waals surface area contributed by atoms with Gasteiger partial charge in [0.05, 0.1) is 18.4 Å². The Hall–Kier alpha value is -3.15. The maximum Gasteiger partial charge on any atom is 0.335 e. The Morgan fingerprint density at radius 2 is 1.59 bits per heavy atom. The molecule has 2 aliphatic rings. The van der Waals surface area contributed by atoms with Crippen LogP contribution in [0.15, 0.2) is 78.9 Å². The van der Waals surface area contributed by atoms with Crippen LogP contribution in [-0.2, 0) is 11.3 Å². The van der Waals surface area contributed by atoms with Crippen LogP contribution in [0.3, 0.4) is 0 Å². The molecule has 6 heteroatoms. The summed E-state index contributed by atoms with van der Waals surface area (Å²) in [5.74, 6) is 0.282. The summed E-state index contributed by atoms with van der Waals surface area (Å²) in [4.78, 5) is 16.9. The molecular weight excluding hydrogens is 422 g/mol. The monoisotopic (exact) mass is 445 g/mol. The molecule has 0 bridgehead atoms. The molecule has 1 aliphatic carbocycles. The lowest BCUT2D eigenvalue weighted by atomic mass is 9.72. The predicted octanol–water partition coefficient (Wildman–Crippen LogP) is 6.19. The number of nitrogens with one attached hydrogen (secondary N) is 1. The molecule has 0 unspecified atom stereocenters. The van der Waals surface area contributed by atoms with Gasteiger partial charge in [0.2, 0.25) is 0 Å². The lowest BCUT2D eigenvalue weighted by molar-refractivity contribution is -0.0317. The average Bonchev–Trinajstić information content (AvgIpc) is 3.00. The van der Waals surface area contributed by atoms with Crippen molar-refractivity contribution < 1.29 is 9.53 Å². The molecule has 5 rings (SSSR count). The average molecular weight is 446 g/mol. The molecule has 0 radical (unpaired) electrons. The number of aryl methyl sites for hydroxylation is 1. The molecule has 32 heavy (non-hydrogen) atoms. The van der Waals surface area contributed by atoms with Crippen LogP contribution >= 0.6 is 11.6 Å². The van der Waals surface area contributed by atoms with Crippen LogP contribution in [0.1, 0.15) is 24.0 Å². The third kappa shape index (κ3) is 3.48. The van der Waals surface area contributed by atoms with Crippen molar-refractivity contribution in [3.8, 4) is 0 Å². The number of hydrogen-bond acceptors (Lipinski definition) is 3. The van der Waals surface area contributed by atoms with Gasteiger partial charge in [0, 0.05) is 23.6 Å². The molecule has 1 saturated carbocycles. The number of rotatable bonds is 5. The minimum absolute atomic E-state index is 0.0125. The van der Waals surface area contributed by atoms with Crippen molar-refractivity contribution in [2.24, 2.45) is 0 Å². The molecule has 2 amide bonds. The number of halogens is 1. The summed E-state index contributed by atoms with van der Waals surface area (Å²) in [6.45, 7) is 2.54. The van der Waals surface area contributed by atoms with Crippen LogP contribution in [0, 0.1) is 12.3 Å². The van der Waals surface area contributed by atoms with Gasteiger partial charge in [0.25, 0.3) is 0 Å². The van der Waals surface area contributed by atoms with E-state index in [1.54, 1.807) is 29.2 Å². The lowest BCUT2D eigenvalue weighted by Crippen LogP contribution is -2.61. The first kappa shape index (κ1) is 20.7. The van der Waals surface area contributed by atoms with Gasteiger partial charge in [-0.3, -0.25) is 10.3 Å². The molecule has 1 saturated heterocycles. The molecule has 0 aromatic heterocycles. The summed E-state index contributed by atoms with van der Waals surface area (Å²) < 4.78 is 6.12. The zero-order valence-corrected chi connectivity index (χ0v) is 18.5. The van der Waals surface area contributed by atoms with E-state index in [-0.39, 0.29) is 18.0 Å². The fourth-order valence-corrected chi connectivity index (χ4v) is 4.68. The van der Waals surface area contributed by atoms with Gasteiger partial charge in [0.15, 0.2) is 0 Å². The second-order valence-corrected chi connectivity index (χ2v) is 8.91. The molecule has 3 aromatic rings. The highest BCUT2D eigenvalue weighted by atomic mass is 35.5. The molecule has 1 N–H and O–H groups in total. The van der Waals surface area contributed by atoms with Crippen molar-refractivity contribution in [1.82, 2.24) is 0 Å². The summed E-state index contributed by atoms with van der Waals surface area (Å²) in [6, 6.07) is 24.8. The van der Waals surface area contributed by atoms with Crippen LogP contribution in [0.2, 0.25) is 5.02 Å². The van der Waals surface area contributed by atoms with Gasteiger partial charge in [-0.25, -0.2) is 9.69 Å². The predicted molar refractivity (Wildman–Crippen MR) is 128 cm³/mol. The second kappa shape index (κ2) is 8.08. The smallest absolute Gasteiger partial charge is 0.335 e. The minimum atomic E-state index is -0.715. The molecule has 1 heterocycles. The Bertz CT molecular complexity index is 1140. The Kier molecular flexibility index (Phi) is 5.24. The van der Waals surface area contributed by atoms with Gasteiger partial charge in [0.1, 0.15) is 11.4 Å². The molecule has 3 aromatic carbocycles. The summed E-state index contributed by atoms with van der Waals surface area (Å²) in [5.41, 5.74) is 2.96. The quantitative estimate of drug-likeness (QED) is 0.509. The largest absolute Gasteiger partial charge is 0.373 e. The molecule has 0 atom stereocenters. The molecule has 5 nitrogen and oxygen atoms in total. The molecule has 162 valence electrons. The number of amidine groups is 1. The summed E-state index contributed by atoms with van der Waals surface area (Å²) in [6.07, 6.45) is 1.16. The number of benzene rings is 3. The SMILES string of the molecule is Cc1ccc(N2C(=O)N(c3ccc(Cl)cc3)C(=N)C23CC(OCc2ccccc2)C3)cc1. The van der Waals surface area contributed by atoms with E-state index in [1.165, 1.54) is 4.90 Å². The van der Waals surface area contributed by atoms with Gasteiger partial charge in [-0.15, -0.1) is 0 Å². The molecule has 2 fully saturated rings. The second-order valence-electron chi connectivity index (χ2n) is 8.47. The van der Waals surface area contributed by atoms with E-state index in [0.717, 1.165) is 16.8 Å². The van der Waals surface area contributed by atoms with Gasteiger partial charge < -0.3 is 4.74 Å². The van der Waals surface area contributed by atoms with Gasteiger partial charge in [-0.2, -0.15) is 0 Å². The number of ether oxygens (including phenoxy) is 1. The van der Waals surface area contributed by atoms with Gasteiger partial charge >= 0.3 is 6.03 Å². The van der Waals surface area contributed by atoms with E-state index in [4.69, 9.17) is 21.7 Å². The first-order valence-electron chi connectivity index (χ1n) is 10.7. The standard InChI is InChI=1S/C26H24ClN3O2/c1-18-7-11-22(12-8-18)30-25(31)29(21-13-9-20(27)10-14-21)24(28)26(30)15-23(16-26)32-17-19-5-3-2-4-6-19/h2-14,23,28H,15-17H2,1H3. The Morgan fingerprint density at radius 1 is 0.969 bits per heavy atom. The van der Waals surface area contributed by atoms with Crippen molar-refractivity contribution in [2.75, 3.05) is 9.80 Å². The van der Waals surface area contributed by atoms with Gasteiger partial charge in [-0.1, -0.05) is 59.6 Å². The number of carbonyl (C=O) groups is 1. The summed E-state index contributed by atoms with van der Waals surface area (Å²) in [5, 5.41) is 9.61. The van der Waals surface area contributed by atoms with Gasteiger partial charge in [-0.05, 0) is 48.9 Å². The fraction of sp³-hybridized carbons (Fsp3) is 0.231. The maximum atomic E-state index is 13.6. The highest BCUT2D eigenvalue weighted by Gasteiger charge is 2.62. The topological polar surface area (TPSA) is 56.6 Å². The zero-order chi connectivity index (χ0) is 22.3. The number of amides is 2. The highest BCUT2D eigenvalue weighted by molar-refractivity contribution is 6.32.